The zero-order valence-electron chi connectivity index (χ0n) is 12.4. The first-order chi connectivity index (χ1) is 10.2. The molecule has 0 unspecified atom stereocenters. The zero-order chi connectivity index (χ0) is 15.1. The van der Waals surface area contributed by atoms with E-state index in [0.29, 0.717) is 19.0 Å². The second-order valence-electron chi connectivity index (χ2n) is 4.52. The van der Waals surface area contributed by atoms with Gasteiger partial charge in [-0.3, -0.25) is 0 Å². The van der Waals surface area contributed by atoms with Crippen LogP contribution in [0, 0.1) is 0 Å². The van der Waals surface area contributed by atoms with Gasteiger partial charge >= 0.3 is 6.01 Å². The van der Waals surface area contributed by atoms with E-state index < -0.39 is 0 Å². The number of nitrogens with zero attached hydrogens (tertiary/aromatic N) is 3. The highest BCUT2D eigenvalue weighted by molar-refractivity contribution is 5.57. The van der Waals surface area contributed by atoms with Crippen LogP contribution in [-0.2, 0) is 0 Å². The van der Waals surface area contributed by atoms with E-state index in [4.69, 9.17) is 15.2 Å². The summed E-state index contributed by atoms with van der Waals surface area (Å²) >= 11 is 0. The zero-order valence-corrected chi connectivity index (χ0v) is 12.4. The summed E-state index contributed by atoms with van der Waals surface area (Å²) in [7, 11) is 0. The number of nitrogens with two attached hydrogens (primary N) is 1. The SMILES string of the molecule is CCCOc1ccc(-c2nc(N)nc(OCCC)n2)cc1. The van der Waals surface area contributed by atoms with Crippen molar-refractivity contribution in [2.45, 2.75) is 26.7 Å². The molecule has 0 amide bonds. The third-order valence-electron chi connectivity index (χ3n) is 2.65. The summed E-state index contributed by atoms with van der Waals surface area (Å²) in [5.41, 5.74) is 6.54. The van der Waals surface area contributed by atoms with Gasteiger partial charge in [0, 0.05) is 5.56 Å². The molecule has 6 heteroatoms. The maximum Gasteiger partial charge on any atom is 0.321 e. The predicted molar refractivity (Wildman–Crippen MR) is 81.2 cm³/mol. The Bertz CT molecular complexity index is 572. The van der Waals surface area contributed by atoms with E-state index in [1.807, 2.05) is 31.2 Å². The molecule has 0 bridgehead atoms. The van der Waals surface area contributed by atoms with E-state index in [-0.39, 0.29) is 12.0 Å². The standard InChI is InChI=1S/C15H20N4O2/c1-3-9-20-12-7-5-11(6-8-12)13-17-14(16)19-15(18-13)21-10-4-2/h5-8H,3-4,9-10H2,1-2H3,(H2,16,17,18,19). The summed E-state index contributed by atoms with van der Waals surface area (Å²) in [4.78, 5) is 12.4. The fourth-order valence-electron chi connectivity index (χ4n) is 1.68. The fourth-order valence-corrected chi connectivity index (χ4v) is 1.68. The molecule has 0 spiro atoms. The lowest BCUT2D eigenvalue weighted by molar-refractivity contribution is 0.292. The van der Waals surface area contributed by atoms with Crippen molar-refractivity contribution in [2.75, 3.05) is 18.9 Å². The van der Waals surface area contributed by atoms with E-state index in [1.54, 1.807) is 0 Å². The lowest BCUT2D eigenvalue weighted by atomic mass is 10.2. The van der Waals surface area contributed by atoms with Gasteiger partial charge in [0.05, 0.1) is 13.2 Å². The molecule has 1 heterocycles. The van der Waals surface area contributed by atoms with Crippen molar-refractivity contribution >= 4 is 5.95 Å². The summed E-state index contributed by atoms with van der Waals surface area (Å²) in [5.74, 6) is 1.47. The van der Waals surface area contributed by atoms with E-state index in [0.717, 1.165) is 24.2 Å². The Hall–Kier alpha value is -2.37. The number of hydrogen-bond donors (Lipinski definition) is 1. The third kappa shape index (κ3) is 4.30. The van der Waals surface area contributed by atoms with Crippen molar-refractivity contribution in [3.8, 4) is 23.1 Å². The number of anilines is 1. The van der Waals surface area contributed by atoms with Gasteiger partial charge in [0.2, 0.25) is 5.95 Å². The van der Waals surface area contributed by atoms with Crippen LogP contribution in [0.3, 0.4) is 0 Å². The van der Waals surface area contributed by atoms with Gasteiger partial charge in [-0.25, -0.2) is 0 Å². The Morgan fingerprint density at radius 3 is 2.24 bits per heavy atom. The minimum Gasteiger partial charge on any atom is -0.494 e. The average Bonchev–Trinajstić information content (AvgIpc) is 2.51. The van der Waals surface area contributed by atoms with Gasteiger partial charge in [-0.1, -0.05) is 13.8 Å². The molecule has 2 aromatic rings. The van der Waals surface area contributed by atoms with Gasteiger partial charge in [-0.2, -0.15) is 15.0 Å². The van der Waals surface area contributed by atoms with Crippen molar-refractivity contribution in [1.29, 1.82) is 0 Å². The van der Waals surface area contributed by atoms with Crippen molar-refractivity contribution in [2.24, 2.45) is 0 Å². The molecule has 0 saturated carbocycles. The Morgan fingerprint density at radius 2 is 1.57 bits per heavy atom. The van der Waals surface area contributed by atoms with E-state index in [9.17, 15) is 0 Å². The monoisotopic (exact) mass is 288 g/mol. The van der Waals surface area contributed by atoms with Crippen LogP contribution in [0.2, 0.25) is 0 Å². The van der Waals surface area contributed by atoms with Crippen LogP contribution < -0.4 is 15.2 Å². The molecule has 1 aromatic carbocycles. The number of nitrogen functional groups attached to an aromatic ring is 1. The van der Waals surface area contributed by atoms with Crippen LogP contribution in [0.1, 0.15) is 26.7 Å². The molecule has 2 N–H and O–H groups in total. The molecular formula is C15H20N4O2. The number of rotatable bonds is 7. The highest BCUT2D eigenvalue weighted by Gasteiger charge is 2.08. The molecular weight excluding hydrogens is 268 g/mol. The molecule has 0 atom stereocenters. The summed E-state index contributed by atoms with van der Waals surface area (Å²) in [6.07, 6.45) is 1.86. The smallest absolute Gasteiger partial charge is 0.321 e. The summed E-state index contributed by atoms with van der Waals surface area (Å²) < 4.78 is 11.0. The Balaban J connectivity index is 2.18. The van der Waals surface area contributed by atoms with Gasteiger partial charge in [0.15, 0.2) is 5.82 Å². The van der Waals surface area contributed by atoms with Gasteiger partial charge in [-0.05, 0) is 37.1 Å². The highest BCUT2D eigenvalue weighted by atomic mass is 16.5. The molecule has 2 rings (SSSR count). The number of aromatic nitrogens is 3. The lowest BCUT2D eigenvalue weighted by Crippen LogP contribution is -2.05. The first-order valence-electron chi connectivity index (χ1n) is 7.10. The van der Waals surface area contributed by atoms with Gasteiger partial charge in [-0.15, -0.1) is 0 Å². The third-order valence-corrected chi connectivity index (χ3v) is 2.65. The van der Waals surface area contributed by atoms with Gasteiger partial charge in [0.25, 0.3) is 0 Å². The quantitative estimate of drug-likeness (QED) is 0.843. The van der Waals surface area contributed by atoms with Gasteiger partial charge < -0.3 is 15.2 Å². The molecule has 0 radical (unpaired) electrons. The van der Waals surface area contributed by atoms with Crippen LogP contribution in [0.15, 0.2) is 24.3 Å². The molecule has 0 fully saturated rings. The number of ether oxygens (including phenoxy) is 2. The molecule has 1 aromatic heterocycles. The van der Waals surface area contributed by atoms with Crippen LogP contribution in [0.4, 0.5) is 5.95 Å². The summed E-state index contributed by atoms with van der Waals surface area (Å²) in [6.45, 7) is 5.33. The lowest BCUT2D eigenvalue weighted by Gasteiger charge is -2.07. The normalized spacial score (nSPS) is 10.4. The van der Waals surface area contributed by atoms with Crippen molar-refractivity contribution in [3.63, 3.8) is 0 Å². The molecule has 21 heavy (non-hydrogen) atoms. The predicted octanol–water partition coefficient (Wildman–Crippen LogP) is 2.70. The molecule has 6 nitrogen and oxygen atoms in total. The first kappa shape index (κ1) is 15.0. The van der Waals surface area contributed by atoms with Crippen LogP contribution in [0.5, 0.6) is 11.8 Å². The van der Waals surface area contributed by atoms with Gasteiger partial charge in [0.1, 0.15) is 5.75 Å². The Morgan fingerprint density at radius 1 is 0.905 bits per heavy atom. The maximum atomic E-state index is 5.70. The van der Waals surface area contributed by atoms with Crippen LogP contribution in [0.25, 0.3) is 11.4 Å². The summed E-state index contributed by atoms with van der Waals surface area (Å²) in [6, 6.07) is 7.81. The molecule has 0 aliphatic rings. The molecule has 0 saturated heterocycles. The molecule has 0 aliphatic carbocycles. The number of benzene rings is 1. The average molecular weight is 288 g/mol. The summed E-state index contributed by atoms with van der Waals surface area (Å²) in [5, 5.41) is 0. The van der Waals surface area contributed by atoms with Crippen molar-refractivity contribution in [3.05, 3.63) is 24.3 Å². The van der Waals surface area contributed by atoms with Crippen LogP contribution >= 0.6 is 0 Å². The topological polar surface area (TPSA) is 83.2 Å². The number of hydrogen-bond acceptors (Lipinski definition) is 6. The second kappa shape index (κ2) is 7.42. The minimum absolute atomic E-state index is 0.150. The van der Waals surface area contributed by atoms with Crippen molar-refractivity contribution < 1.29 is 9.47 Å². The van der Waals surface area contributed by atoms with Crippen molar-refractivity contribution in [1.82, 2.24) is 15.0 Å². The van der Waals surface area contributed by atoms with Crippen LogP contribution in [-0.4, -0.2) is 28.2 Å². The Kier molecular flexibility index (Phi) is 5.31. The molecule has 0 aliphatic heterocycles. The molecule has 112 valence electrons. The fraction of sp³-hybridized carbons (Fsp3) is 0.400. The minimum atomic E-state index is 0.150. The van der Waals surface area contributed by atoms with E-state index in [2.05, 4.69) is 21.9 Å². The largest absolute Gasteiger partial charge is 0.494 e. The van der Waals surface area contributed by atoms with E-state index in [1.165, 1.54) is 0 Å². The Labute approximate surface area is 124 Å². The highest BCUT2D eigenvalue weighted by Crippen LogP contribution is 2.21. The maximum absolute atomic E-state index is 5.70. The first-order valence-corrected chi connectivity index (χ1v) is 7.10. The second-order valence-corrected chi connectivity index (χ2v) is 4.52. The van der Waals surface area contributed by atoms with E-state index >= 15 is 0 Å².